The molecule has 1 aromatic rings. The molecule has 108 valence electrons. The number of rotatable bonds is 8. The zero-order valence-corrected chi connectivity index (χ0v) is 12.3. The number of methoxy groups -OCH3 is 2. The Kier molecular flexibility index (Phi) is 6.67. The quantitative estimate of drug-likeness (QED) is 0.785. The minimum absolute atomic E-state index is 0.0868. The fourth-order valence-electron chi connectivity index (χ4n) is 1.86. The first-order valence-corrected chi connectivity index (χ1v) is 6.65. The summed E-state index contributed by atoms with van der Waals surface area (Å²) in [4.78, 5) is 0. The summed E-state index contributed by atoms with van der Waals surface area (Å²) in [5, 5.41) is 0. The van der Waals surface area contributed by atoms with Crippen molar-refractivity contribution in [3.63, 3.8) is 0 Å². The van der Waals surface area contributed by atoms with Crippen molar-refractivity contribution in [1.82, 2.24) is 0 Å². The first kappa shape index (κ1) is 15.8. The van der Waals surface area contributed by atoms with Crippen molar-refractivity contribution in [3.05, 3.63) is 23.8 Å². The monoisotopic (exact) mass is 267 g/mol. The van der Waals surface area contributed by atoms with Gasteiger partial charge in [-0.25, -0.2) is 0 Å². The molecule has 0 fully saturated rings. The van der Waals surface area contributed by atoms with E-state index in [0.717, 1.165) is 29.9 Å². The highest BCUT2D eigenvalue weighted by Crippen LogP contribution is 2.26. The Labute approximate surface area is 115 Å². The second-order valence-electron chi connectivity index (χ2n) is 4.87. The van der Waals surface area contributed by atoms with Crippen molar-refractivity contribution >= 4 is 0 Å². The normalized spacial score (nSPS) is 13.9. The van der Waals surface area contributed by atoms with Crippen molar-refractivity contribution < 1.29 is 14.2 Å². The predicted octanol–water partition coefficient (Wildman–Crippen LogP) is 2.39. The average molecular weight is 267 g/mol. The van der Waals surface area contributed by atoms with Crippen LogP contribution in [0.25, 0.3) is 0 Å². The van der Waals surface area contributed by atoms with Gasteiger partial charge in [0.25, 0.3) is 0 Å². The largest absolute Gasteiger partial charge is 0.497 e. The molecule has 4 nitrogen and oxygen atoms in total. The molecule has 1 aromatic carbocycles. The second kappa shape index (κ2) is 8.02. The summed E-state index contributed by atoms with van der Waals surface area (Å²) in [6, 6.07) is 5.92. The van der Waals surface area contributed by atoms with Crippen LogP contribution >= 0.6 is 0 Å². The Morgan fingerprint density at radius 2 is 1.95 bits per heavy atom. The second-order valence-corrected chi connectivity index (χ2v) is 4.87. The third-order valence-electron chi connectivity index (χ3n) is 2.87. The van der Waals surface area contributed by atoms with Crippen LogP contribution in [0.15, 0.2) is 18.2 Å². The van der Waals surface area contributed by atoms with Gasteiger partial charge < -0.3 is 19.9 Å². The van der Waals surface area contributed by atoms with Crippen molar-refractivity contribution in [2.75, 3.05) is 20.8 Å². The van der Waals surface area contributed by atoms with Crippen LogP contribution in [-0.4, -0.2) is 33.0 Å². The number of nitrogens with two attached hydrogens (primary N) is 1. The maximum atomic E-state index is 5.96. The highest BCUT2D eigenvalue weighted by atomic mass is 16.5. The molecule has 0 radical (unpaired) electrons. The Morgan fingerprint density at radius 1 is 1.21 bits per heavy atom. The number of benzene rings is 1. The van der Waals surface area contributed by atoms with Crippen LogP contribution in [0.1, 0.15) is 25.8 Å². The zero-order chi connectivity index (χ0) is 14.3. The minimum Gasteiger partial charge on any atom is -0.497 e. The highest BCUT2D eigenvalue weighted by Gasteiger charge is 2.11. The lowest BCUT2D eigenvalue weighted by molar-refractivity contribution is 0.134. The zero-order valence-electron chi connectivity index (χ0n) is 12.3. The maximum Gasteiger partial charge on any atom is 0.123 e. The molecule has 0 aliphatic carbocycles. The van der Waals surface area contributed by atoms with Gasteiger partial charge >= 0.3 is 0 Å². The molecule has 0 bridgehead atoms. The molecule has 0 spiro atoms. The van der Waals surface area contributed by atoms with Gasteiger partial charge in [0.15, 0.2) is 0 Å². The highest BCUT2D eigenvalue weighted by molar-refractivity contribution is 5.41. The molecule has 19 heavy (non-hydrogen) atoms. The van der Waals surface area contributed by atoms with Crippen LogP contribution in [0, 0.1) is 0 Å². The van der Waals surface area contributed by atoms with Gasteiger partial charge in [-0.3, -0.25) is 0 Å². The first-order valence-electron chi connectivity index (χ1n) is 6.65. The van der Waals surface area contributed by atoms with Crippen LogP contribution in [0.5, 0.6) is 11.5 Å². The Hall–Kier alpha value is -1.26. The molecule has 2 unspecified atom stereocenters. The fraction of sp³-hybridized carbons (Fsp3) is 0.600. The summed E-state index contributed by atoms with van der Waals surface area (Å²) in [6.07, 6.45) is 1.74. The minimum atomic E-state index is 0.0868. The molecule has 0 saturated carbocycles. The summed E-state index contributed by atoms with van der Waals surface area (Å²) in [6.45, 7) is 4.72. The van der Waals surface area contributed by atoms with E-state index in [0.29, 0.717) is 6.61 Å². The average Bonchev–Trinajstić information content (AvgIpc) is 2.37. The van der Waals surface area contributed by atoms with Gasteiger partial charge in [0.1, 0.15) is 11.5 Å². The van der Waals surface area contributed by atoms with Gasteiger partial charge in [0, 0.05) is 26.2 Å². The molecular formula is C15H25NO3. The Morgan fingerprint density at radius 3 is 2.53 bits per heavy atom. The van der Waals surface area contributed by atoms with Gasteiger partial charge in [-0.05, 0) is 44.0 Å². The molecule has 0 amide bonds. The van der Waals surface area contributed by atoms with Crippen molar-refractivity contribution in [2.24, 2.45) is 5.73 Å². The molecule has 0 heterocycles. The van der Waals surface area contributed by atoms with E-state index >= 15 is 0 Å². The van der Waals surface area contributed by atoms with E-state index < -0.39 is 0 Å². The summed E-state index contributed by atoms with van der Waals surface area (Å²) in [7, 11) is 3.36. The van der Waals surface area contributed by atoms with E-state index in [1.807, 2.05) is 32.0 Å². The molecule has 2 atom stereocenters. The lowest BCUT2D eigenvalue weighted by atomic mass is 10.1. The van der Waals surface area contributed by atoms with Crippen LogP contribution in [-0.2, 0) is 11.2 Å². The van der Waals surface area contributed by atoms with Crippen molar-refractivity contribution in [1.29, 1.82) is 0 Å². The van der Waals surface area contributed by atoms with E-state index in [-0.39, 0.29) is 12.1 Å². The lowest BCUT2D eigenvalue weighted by Crippen LogP contribution is -2.20. The van der Waals surface area contributed by atoms with Crippen molar-refractivity contribution in [3.8, 4) is 11.5 Å². The predicted molar refractivity (Wildman–Crippen MR) is 76.9 cm³/mol. The summed E-state index contributed by atoms with van der Waals surface area (Å²) >= 11 is 0. The number of hydrogen-bond acceptors (Lipinski definition) is 4. The summed E-state index contributed by atoms with van der Waals surface area (Å²) < 4.78 is 16.3. The number of hydrogen-bond donors (Lipinski definition) is 1. The fourth-order valence-corrected chi connectivity index (χ4v) is 1.86. The molecule has 0 aliphatic rings. The third kappa shape index (κ3) is 5.49. The van der Waals surface area contributed by atoms with E-state index in [9.17, 15) is 0 Å². The summed E-state index contributed by atoms with van der Waals surface area (Å²) in [5.74, 6) is 1.70. The molecule has 2 N–H and O–H groups in total. The topological polar surface area (TPSA) is 53.7 Å². The van der Waals surface area contributed by atoms with Crippen LogP contribution in [0.3, 0.4) is 0 Å². The smallest absolute Gasteiger partial charge is 0.123 e. The van der Waals surface area contributed by atoms with Crippen molar-refractivity contribution in [2.45, 2.75) is 38.8 Å². The Balaban J connectivity index is 2.79. The van der Waals surface area contributed by atoms with E-state index in [4.69, 9.17) is 19.9 Å². The molecule has 0 saturated heterocycles. The van der Waals surface area contributed by atoms with Gasteiger partial charge in [-0.2, -0.15) is 0 Å². The van der Waals surface area contributed by atoms with Crippen LogP contribution in [0.2, 0.25) is 0 Å². The Bertz CT molecular complexity index is 380. The van der Waals surface area contributed by atoms with Gasteiger partial charge in [0.2, 0.25) is 0 Å². The third-order valence-corrected chi connectivity index (χ3v) is 2.87. The van der Waals surface area contributed by atoms with Gasteiger partial charge in [-0.15, -0.1) is 0 Å². The van der Waals surface area contributed by atoms with E-state index in [1.54, 1.807) is 14.2 Å². The molecule has 0 aromatic heterocycles. The SMILES string of the molecule is COCCC(C)Oc1ccc(OC)cc1CC(C)N. The molecular weight excluding hydrogens is 242 g/mol. The molecule has 0 aliphatic heterocycles. The molecule has 4 heteroatoms. The first-order chi connectivity index (χ1) is 9.06. The summed E-state index contributed by atoms with van der Waals surface area (Å²) in [5.41, 5.74) is 6.96. The van der Waals surface area contributed by atoms with Crippen LogP contribution < -0.4 is 15.2 Å². The van der Waals surface area contributed by atoms with Gasteiger partial charge in [0.05, 0.1) is 13.2 Å². The standard InChI is InChI=1S/C15H25NO3/c1-11(16)9-13-10-14(18-4)5-6-15(13)19-12(2)7-8-17-3/h5-6,10-12H,7-9,16H2,1-4H3. The van der Waals surface area contributed by atoms with Crippen LogP contribution in [0.4, 0.5) is 0 Å². The maximum absolute atomic E-state index is 5.96. The lowest BCUT2D eigenvalue weighted by Gasteiger charge is -2.19. The van der Waals surface area contributed by atoms with E-state index in [2.05, 4.69) is 0 Å². The van der Waals surface area contributed by atoms with Gasteiger partial charge in [-0.1, -0.05) is 0 Å². The molecule has 1 rings (SSSR count). The van der Waals surface area contributed by atoms with E-state index in [1.165, 1.54) is 0 Å². The number of ether oxygens (including phenoxy) is 3.